The van der Waals surface area contributed by atoms with Crippen LogP contribution in [0.3, 0.4) is 0 Å². The molecule has 0 aromatic rings. The normalized spacial score (nSPS) is 11.8. The lowest BCUT2D eigenvalue weighted by atomic mass is 10.0. The number of nitrogens with zero attached hydrogens (tertiary/aromatic N) is 1. The van der Waals surface area contributed by atoms with Gasteiger partial charge in [0.2, 0.25) is 0 Å². The molecule has 0 aliphatic heterocycles. The molecule has 0 fully saturated rings. The van der Waals surface area contributed by atoms with Crippen LogP contribution in [0.2, 0.25) is 0 Å². The average molecular weight is 569 g/mol. The van der Waals surface area contributed by atoms with Crippen LogP contribution < -0.4 is 0 Å². The maximum Gasteiger partial charge on any atom is 0.303 e. The summed E-state index contributed by atoms with van der Waals surface area (Å²) in [5.41, 5.74) is 0. The molecule has 7 heteroatoms. The topological polar surface area (TPSA) is 112 Å². The molecule has 0 aliphatic carbocycles. The average Bonchev–Trinajstić information content (AvgIpc) is 2.89. The van der Waals surface area contributed by atoms with Crippen molar-refractivity contribution in [1.29, 1.82) is 0 Å². The maximum absolute atomic E-state index is 11.1. The fourth-order valence-electron chi connectivity index (χ4n) is 5.59. The van der Waals surface area contributed by atoms with Crippen molar-refractivity contribution in [1.82, 2.24) is 0 Å². The summed E-state index contributed by atoms with van der Waals surface area (Å²) >= 11 is 0. The molecule has 0 spiro atoms. The van der Waals surface area contributed by atoms with Crippen molar-refractivity contribution in [2.24, 2.45) is 0 Å². The summed E-state index contributed by atoms with van der Waals surface area (Å²) in [6.45, 7) is 5.07. The van der Waals surface area contributed by atoms with Gasteiger partial charge in [0.15, 0.2) is 0 Å². The van der Waals surface area contributed by atoms with Gasteiger partial charge in [0, 0.05) is 19.3 Å². The zero-order valence-electron chi connectivity index (χ0n) is 25.8. The second-order valence-corrected chi connectivity index (χ2v) is 11.7. The van der Waals surface area contributed by atoms with Gasteiger partial charge in [-0.1, -0.05) is 96.1 Å². The fraction of sp³-hybridized carbons (Fsp3) is 0.848. The molecule has 0 atom stereocenters. The number of unbranched alkanes of at least 4 members (excludes halogenated alkanes) is 15. The monoisotopic (exact) mass is 568 g/mol. The first kappa shape index (κ1) is 38.1. The van der Waals surface area contributed by atoms with Crippen molar-refractivity contribution in [3.63, 3.8) is 0 Å². The van der Waals surface area contributed by atoms with Gasteiger partial charge in [-0.3, -0.25) is 14.4 Å². The summed E-state index contributed by atoms with van der Waals surface area (Å²) in [6.07, 6.45) is 28.4. The van der Waals surface area contributed by atoms with E-state index < -0.39 is 17.9 Å². The molecule has 0 unspecified atom stereocenters. The molecule has 0 saturated carbocycles. The van der Waals surface area contributed by atoms with Crippen LogP contribution in [0.25, 0.3) is 0 Å². The van der Waals surface area contributed by atoms with Gasteiger partial charge in [-0.05, 0) is 32.1 Å². The Morgan fingerprint density at radius 2 is 0.750 bits per heavy atom. The zero-order valence-corrected chi connectivity index (χ0v) is 25.8. The van der Waals surface area contributed by atoms with Gasteiger partial charge in [0.25, 0.3) is 0 Å². The molecule has 234 valence electrons. The Bertz CT molecular complexity index is 613. The van der Waals surface area contributed by atoms with Crippen LogP contribution in [0.4, 0.5) is 0 Å². The highest BCUT2D eigenvalue weighted by molar-refractivity contribution is 5.67. The minimum Gasteiger partial charge on any atom is -0.481 e. The van der Waals surface area contributed by atoms with Crippen LogP contribution in [-0.4, -0.2) is 63.9 Å². The number of carbonyl (C=O) groups is 3. The number of hydrogen-bond donors (Lipinski definition) is 3. The Labute approximate surface area is 245 Å². The molecule has 0 aliphatic rings. The van der Waals surface area contributed by atoms with Crippen LogP contribution in [0.5, 0.6) is 0 Å². The van der Waals surface area contributed by atoms with E-state index >= 15 is 0 Å². The van der Waals surface area contributed by atoms with Crippen molar-refractivity contribution in [3.8, 4) is 0 Å². The molecule has 0 aromatic heterocycles. The second-order valence-electron chi connectivity index (χ2n) is 11.7. The Kier molecular flexibility index (Phi) is 26.0. The highest BCUT2D eigenvalue weighted by atomic mass is 16.4. The van der Waals surface area contributed by atoms with Crippen LogP contribution in [0.1, 0.15) is 155 Å². The lowest BCUT2D eigenvalue weighted by Crippen LogP contribution is -2.51. The van der Waals surface area contributed by atoms with E-state index in [0.717, 1.165) is 32.2 Å². The van der Waals surface area contributed by atoms with Gasteiger partial charge < -0.3 is 19.8 Å². The molecule has 0 heterocycles. The zero-order chi connectivity index (χ0) is 29.7. The predicted molar refractivity (Wildman–Crippen MR) is 164 cm³/mol. The van der Waals surface area contributed by atoms with E-state index in [1.54, 1.807) is 0 Å². The van der Waals surface area contributed by atoms with Gasteiger partial charge >= 0.3 is 17.9 Å². The van der Waals surface area contributed by atoms with E-state index in [-0.39, 0.29) is 19.3 Å². The lowest BCUT2D eigenvalue weighted by Gasteiger charge is -2.39. The van der Waals surface area contributed by atoms with Crippen LogP contribution >= 0.6 is 0 Å². The van der Waals surface area contributed by atoms with E-state index in [4.69, 9.17) is 15.3 Å². The van der Waals surface area contributed by atoms with Crippen molar-refractivity contribution in [2.75, 3.05) is 26.2 Å². The van der Waals surface area contributed by atoms with Gasteiger partial charge in [0.05, 0.1) is 45.4 Å². The minimum atomic E-state index is -0.831. The maximum atomic E-state index is 11.1. The highest BCUT2D eigenvalue weighted by Crippen LogP contribution is 2.18. The Morgan fingerprint density at radius 1 is 0.450 bits per heavy atom. The van der Waals surface area contributed by atoms with Crippen molar-refractivity contribution in [3.05, 3.63) is 12.2 Å². The molecular weight excluding hydrogens is 506 g/mol. The first-order chi connectivity index (χ1) is 19.3. The molecule has 0 saturated heterocycles. The van der Waals surface area contributed by atoms with Gasteiger partial charge in [-0.25, -0.2) is 0 Å². The predicted octanol–water partition coefficient (Wildman–Crippen LogP) is 8.61. The van der Waals surface area contributed by atoms with Gasteiger partial charge in [-0.2, -0.15) is 0 Å². The van der Waals surface area contributed by atoms with Crippen LogP contribution in [0, 0.1) is 0 Å². The number of quaternary nitrogens is 1. The summed E-state index contributed by atoms with van der Waals surface area (Å²) in [6, 6.07) is 0. The fourth-order valence-corrected chi connectivity index (χ4v) is 5.59. The van der Waals surface area contributed by atoms with Gasteiger partial charge in [-0.15, -0.1) is 0 Å². The molecule has 0 bridgehead atoms. The molecule has 0 rings (SSSR count). The third kappa shape index (κ3) is 26.3. The molecule has 40 heavy (non-hydrogen) atoms. The Morgan fingerprint density at radius 3 is 1.10 bits per heavy atom. The SMILES string of the molecule is CCCCCCCCCCCCCCC/C=C/CCCC[N+](CCCC(=O)O)(CCCC(=O)O)CCCC(=O)O. The Balaban J connectivity index is 4.18. The molecular formula is C33H62NO6+. The third-order valence-corrected chi connectivity index (χ3v) is 7.96. The number of aliphatic carboxylic acids is 3. The summed E-state index contributed by atoms with van der Waals surface area (Å²) in [5.74, 6) is -2.49. The molecule has 3 N–H and O–H groups in total. The molecule has 0 radical (unpaired) electrons. The number of allylic oxidation sites excluding steroid dienone is 2. The molecule has 0 aromatic carbocycles. The van der Waals surface area contributed by atoms with E-state index in [2.05, 4.69) is 19.1 Å². The van der Waals surface area contributed by atoms with Crippen LogP contribution in [0.15, 0.2) is 12.2 Å². The van der Waals surface area contributed by atoms with Crippen molar-refractivity contribution >= 4 is 17.9 Å². The first-order valence-corrected chi connectivity index (χ1v) is 16.5. The number of hydrogen-bond acceptors (Lipinski definition) is 3. The van der Waals surface area contributed by atoms with E-state index in [1.165, 1.54) is 83.5 Å². The Hall–Kier alpha value is -1.89. The summed E-state index contributed by atoms with van der Waals surface area (Å²) in [4.78, 5) is 33.2. The van der Waals surface area contributed by atoms with E-state index in [9.17, 15) is 14.4 Å². The number of carboxylic acid groups (broad SMARTS) is 3. The molecule has 7 nitrogen and oxygen atoms in total. The van der Waals surface area contributed by atoms with Gasteiger partial charge in [0.1, 0.15) is 0 Å². The second kappa shape index (κ2) is 27.3. The summed E-state index contributed by atoms with van der Waals surface area (Å²) in [5, 5.41) is 27.2. The first-order valence-electron chi connectivity index (χ1n) is 16.5. The smallest absolute Gasteiger partial charge is 0.303 e. The number of carboxylic acids is 3. The van der Waals surface area contributed by atoms with Crippen molar-refractivity contribution in [2.45, 2.75) is 155 Å². The lowest BCUT2D eigenvalue weighted by molar-refractivity contribution is -0.929. The third-order valence-electron chi connectivity index (χ3n) is 7.96. The van der Waals surface area contributed by atoms with Crippen molar-refractivity contribution < 1.29 is 34.2 Å². The largest absolute Gasteiger partial charge is 0.481 e. The molecule has 0 amide bonds. The summed E-state index contributed by atoms with van der Waals surface area (Å²) < 4.78 is 0.622. The number of rotatable bonds is 31. The standard InChI is InChI=1S/C33H61NO6/c1-2-3-4-5-6-7-8-9-10-11-12-13-14-15-16-17-18-19-20-27-34(28-21-24-31(35)36,29-22-25-32(37)38)30-23-26-33(39)40/h16-17H,2-15,18-30H2,1H3,(H2-,35,36,37,38,39,40)/p+1/b17-16+. The van der Waals surface area contributed by atoms with Crippen LogP contribution in [-0.2, 0) is 14.4 Å². The minimum absolute atomic E-state index is 0.0831. The van der Waals surface area contributed by atoms with E-state index in [1.807, 2.05) is 0 Å². The summed E-state index contributed by atoms with van der Waals surface area (Å²) in [7, 11) is 0. The highest BCUT2D eigenvalue weighted by Gasteiger charge is 2.27. The quantitative estimate of drug-likeness (QED) is 0.0438. The van der Waals surface area contributed by atoms with E-state index in [0.29, 0.717) is 43.4 Å².